The number of anilines is 1. The van der Waals surface area contributed by atoms with Crippen LogP contribution in [0, 0.1) is 0 Å². The molecule has 0 aliphatic rings. The van der Waals surface area contributed by atoms with Crippen molar-refractivity contribution in [1.29, 1.82) is 0 Å². The number of hydrogen-bond donors (Lipinski definition) is 1. The van der Waals surface area contributed by atoms with Crippen LogP contribution in [0.2, 0.25) is 0 Å². The predicted molar refractivity (Wildman–Crippen MR) is 92.4 cm³/mol. The predicted octanol–water partition coefficient (Wildman–Crippen LogP) is 3.87. The van der Waals surface area contributed by atoms with Gasteiger partial charge in [-0.1, -0.05) is 22.0 Å². The molecule has 0 saturated carbocycles. The van der Waals surface area contributed by atoms with E-state index in [1.165, 1.54) is 0 Å². The van der Waals surface area contributed by atoms with Gasteiger partial charge in [-0.15, -0.1) is 0 Å². The molecule has 2 aromatic carbocycles. The van der Waals surface area contributed by atoms with E-state index in [9.17, 15) is 4.79 Å². The zero-order valence-electron chi connectivity index (χ0n) is 13.1. The summed E-state index contributed by atoms with van der Waals surface area (Å²) in [5, 5.41) is 2.79. The van der Waals surface area contributed by atoms with Crippen molar-refractivity contribution in [3.8, 4) is 17.2 Å². The van der Waals surface area contributed by atoms with Gasteiger partial charge in [0.1, 0.15) is 17.2 Å². The third kappa shape index (κ3) is 4.89. The number of amides is 1. The normalized spacial score (nSPS) is 11.5. The molecule has 0 aliphatic carbocycles. The van der Waals surface area contributed by atoms with E-state index in [1.807, 2.05) is 12.1 Å². The average Bonchev–Trinajstić information content (AvgIpc) is 2.54. The highest BCUT2D eigenvalue weighted by atomic mass is 79.9. The molecule has 5 nitrogen and oxygen atoms in total. The molecule has 0 radical (unpaired) electrons. The summed E-state index contributed by atoms with van der Waals surface area (Å²) in [6.07, 6.45) is -0.651. The van der Waals surface area contributed by atoms with Gasteiger partial charge in [-0.05, 0) is 25.1 Å². The lowest BCUT2D eigenvalue weighted by atomic mass is 10.2. The Kier molecular flexibility index (Phi) is 5.87. The minimum Gasteiger partial charge on any atom is -0.497 e. The van der Waals surface area contributed by atoms with Gasteiger partial charge in [0.15, 0.2) is 6.10 Å². The fourth-order valence-electron chi connectivity index (χ4n) is 1.92. The number of methoxy groups -OCH3 is 2. The second-order valence-electron chi connectivity index (χ2n) is 4.81. The van der Waals surface area contributed by atoms with Crippen molar-refractivity contribution in [3.05, 3.63) is 46.9 Å². The van der Waals surface area contributed by atoms with Crippen LogP contribution in [0.5, 0.6) is 17.2 Å². The molecule has 0 fully saturated rings. The van der Waals surface area contributed by atoms with Crippen LogP contribution in [0.3, 0.4) is 0 Å². The molecule has 0 bridgehead atoms. The number of hydrogen-bond acceptors (Lipinski definition) is 4. The van der Waals surface area contributed by atoms with Crippen LogP contribution in [0.15, 0.2) is 46.9 Å². The van der Waals surface area contributed by atoms with E-state index in [0.717, 1.165) is 4.47 Å². The number of rotatable bonds is 6. The van der Waals surface area contributed by atoms with Crippen LogP contribution in [0.1, 0.15) is 6.92 Å². The number of benzene rings is 2. The molecule has 0 aromatic heterocycles. The van der Waals surface area contributed by atoms with E-state index in [2.05, 4.69) is 21.2 Å². The summed E-state index contributed by atoms with van der Waals surface area (Å²) in [6, 6.07) is 12.5. The second-order valence-corrected chi connectivity index (χ2v) is 5.72. The van der Waals surface area contributed by atoms with E-state index in [-0.39, 0.29) is 5.91 Å². The summed E-state index contributed by atoms with van der Waals surface area (Å²) in [5.74, 6) is 1.55. The molecule has 23 heavy (non-hydrogen) atoms. The maximum atomic E-state index is 12.3. The first-order valence-corrected chi connectivity index (χ1v) is 7.77. The summed E-state index contributed by atoms with van der Waals surface area (Å²) in [4.78, 5) is 12.3. The highest BCUT2D eigenvalue weighted by Gasteiger charge is 2.16. The first-order valence-electron chi connectivity index (χ1n) is 6.98. The maximum absolute atomic E-state index is 12.3. The lowest BCUT2D eigenvalue weighted by Crippen LogP contribution is -2.30. The molecule has 2 rings (SSSR count). The van der Waals surface area contributed by atoms with Crippen LogP contribution in [-0.4, -0.2) is 26.2 Å². The Hall–Kier alpha value is -2.21. The minimum atomic E-state index is -0.651. The third-order valence-corrected chi connectivity index (χ3v) is 3.59. The van der Waals surface area contributed by atoms with E-state index in [4.69, 9.17) is 14.2 Å². The highest BCUT2D eigenvalue weighted by Crippen LogP contribution is 2.26. The lowest BCUT2D eigenvalue weighted by molar-refractivity contribution is -0.122. The number of ether oxygens (including phenoxy) is 3. The monoisotopic (exact) mass is 379 g/mol. The minimum absolute atomic E-state index is 0.264. The molecule has 1 amide bonds. The standard InChI is InChI=1S/C17H18BrNO4/c1-11(23-14-6-4-5-12(18)7-14)17(20)19-13-8-15(21-2)10-16(9-13)22-3/h4-11H,1-3H3,(H,19,20). The summed E-state index contributed by atoms with van der Waals surface area (Å²) in [7, 11) is 3.11. The SMILES string of the molecule is COc1cc(NC(=O)C(C)Oc2cccc(Br)c2)cc(OC)c1. The van der Waals surface area contributed by atoms with Gasteiger partial charge in [0.05, 0.1) is 14.2 Å². The van der Waals surface area contributed by atoms with Crippen LogP contribution in [0.25, 0.3) is 0 Å². The van der Waals surface area contributed by atoms with Gasteiger partial charge in [0.25, 0.3) is 5.91 Å². The van der Waals surface area contributed by atoms with Crippen LogP contribution in [0.4, 0.5) is 5.69 Å². The smallest absolute Gasteiger partial charge is 0.265 e. The summed E-state index contributed by atoms with van der Waals surface area (Å²) >= 11 is 3.37. The number of carbonyl (C=O) groups is 1. The molecule has 2 aromatic rings. The third-order valence-electron chi connectivity index (χ3n) is 3.10. The van der Waals surface area contributed by atoms with E-state index < -0.39 is 6.10 Å². The van der Waals surface area contributed by atoms with Gasteiger partial charge in [-0.2, -0.15) is 0 Å². The van der Waals surface area contributed by atoms with Crippen molar-refractivity contribution in [2.75, 3.05) is 19.5 Å². The largest absolute Gasteiger partial charge is 0.497 e. The lowest BCUT2D eigenvalue weighted by Gasteiger charge is -2.16. The van der Waals surface area contributed by atoms with Crippen molar-refractivity contribution < 1.29 is 19.0 Å². The van der Waals surface area contributed by atoms with Crippen LogP contribution >= 0.6 is 15.9 Å². The second kappa shape index (κ2) is 7.87. The van der Waals surface area contributed by atoms with E-state index in [1.54, 1.807) is 51.5 Å². The van der Waals surface area contributed by atoms with E-state index >= 15 is 0 Å². The number of halogens is 1. The Morgan fingerprint density at radius 2 is 1.70 bits per heavy atom. The number of carbonyl (C=O) groups excluding carboxylic acids is 1. The van der Waals surface area contributed by atoms with Gasteiger partial charge < -0.3 is 19.5 Å². The Bertz CT molecular complexity index is 668. The van der Waals surface area contributed by atoms with Gasteiger partial charge in [0, 0.05) is 28.4 Å². The molecule has 1 N–H and O–H groups in total. The highest BCUT2D eigenvalue weighted by molar-refractivity contribution is 9.10. The molecular weight excluding hydrogens is 362 g/mol. The molecule has 0 heterocycles. The molecule has 1 unspecified atom stereocenters. The zero-order chi connectivity index (χ0) is 16.8. The first-order chi connectivity index (χ1) is 11.0. The Labute approximate surface area is 143 Å². The topological polar surface area (TPSA) is 56.8 Å². The van der Waals surface area contributed by atoms with Crippen molar-refractivity contribution in [1.82, 2.24) is 0 Å². The van der Waals surface area contributed by atoms with E-state index in [0.29, 0.717) is 22.9 Å². The Balaban J connectivity index is 2.06. The molecule has 122 valence electrons. The van der Waals surface area contributed by atoms with Gasteiger partial charge in [-0.3, -0.25) is 4.79 Å². The maximum Gasteiger partial charge on any atom is 0.265 e. The van der Waals surface area contributed by atoms with Crippen molar-refractivity contribution >= 4 is 27.5 Å². The fourth-order valence-corrected chi connectivity index (χ4v) is 2.30. The number of nitrogens with one attached hydrogen (secondary N) is 1. The van der Waals surface area contributed by atoms with Crippen LogP contribution < -0.4 is 19.5 Å². The molecule has 0 aliphatic heterocycles. The fraction of sp³-hybridized carbons (Fsp3) is 0.235. The Morgan fingerprint density at radius 3 is 2.26 bits per heavy atom. The zero-order valence-corrected chi connectivity index (χ0v) is 14.7. The Morgan fingerprint density at radius 1 is 1.04 bits per heavy atom. The van der Waals surface area contributed by atoms with Crippen molar-refractivity contribution in [3.63, 3.8) is 0 Å². The van der Waals surface area contributed by atoms with Crippen molar-refractivity contribution in [2.24, 2.45) is 0 Å². The molecular formula is C17H18BrNO4. The molecule has 0 saturated heterocycles. The molecule has 6 heteroatoms. The summed E-state index contributed by atoms with van der Waals surface area (Å²) in [6.45, 7) is 1.69. The molecule has 0 spiro atoms. The van der Waals surface area contributed by atoms with Gasteiger partial charge in [-0.25, -0.2) is 0 Å². The molecule has 1 atom stereocenters. The summed E-state index contributed by atoms with van der Waals surface area (Å²) < 4.78 is 16.9. The van der Waals surface area contributed by atoms with Crippen LogP contribution in [-0.2, 0) is 4.79 Å². The quantitative estimate of drug-likeness (QED) is 0.827. The summed E-state index contributed by atoms with van der Waals surface area (Å²) in [5.41, 5.74) is 0.580. The van der Waals surface area contributed by atoms with Gasteiger partial charge >= 0.3 is 0 Å². The average molecular weight is 380 g/mol. The first kappa shape index (κ1) is 17.1. The van der Waals surface area contributed by atoms with Crippen molar-refractivity contribution in [2.45, 2.75) is 13.0 Å². The van der Waals surface area contributed by atoms with Gasteiger partial charge in [0.2, 0.25) is 0 Å².